The summed E-state index contributed by atoms with van der Waals surface area (Å²) in [6.07, 6.45) is 3.63. The minimum Gasteiger partial charge on any atom is -0.380 e. The molecule has 2 spiro atoms. The first-order valence-corrected chi connectivity index (χ1v) is 6.73. The molecule has 1 atom stereocenters. The smallest absolute Gasteiger partial charge is 0.0992 e. The monoisotopic (exact) mass is 236 g/mol. The third-order valence-corrected chi connectivity index (χ3v) is 4.98. The molecule has 0 saturated carbocycles. The van der Waals surface area contributed by atoms with Gasteiger partial charge in [-0.3, -0.25) is 0 Å². The molecule has 2 N–H and O–H groups in total. The van der Waals surface area contributed by atoms with Gasteiger partial charge in [0, 0.05) is 30.5 Å². The highest BCUT2D eigenvalue weighted by Crippen LogP contribution is 2.55. The Kier molecular flexibility index (Phi) is 2.03. The molecule has 0 aromatic rings. The maximum Gasteiger partial charge on any atom is 0.0992 e. The number of hydrogen-bond donors (Lipinski definition) is 2. The lowest BCUT2D eigenvalue weighted by molar-refractivity contribution is -0.110. The molecule has 4 heterocycles. The first-order chi connectivity index (χ1) is 8.35. The number of nitrogens with one attached hydrogen (secondary N) is 2. The van der Waals surface area contributed by atoms with E-state index in [2.05, 4.69) is 10.6 Å². The second-order valence-corrected chi connectivity index (χ2v) is 5.96. The standard InChI is InChI=1S/C13H20N2O2/c1-4-14-11-10(12(1)3-6-16-7-12)13(2-5-15-11)8-17-9-13/h14-15H,1-9H2. The normalized spacial score (nSPS) is 38.6. The average Bonchev–Trinajstić information content (AvgIpc) is 2.76. The number of hydrogen-bond acceptors (Lipinski definition) is 4. The summed E-state index contributed by atoms with van der Waals surface area (Å²) in [6, 6.07) is 0. The highest BCUT2D eigenvalue weighted by Gasteiger charge is 2.55. The van der Waals surface area contributed by atoms with Crippen molar-refractivity contribution in [3.8, 4) is 0 Å². The van der Waals surface area contributed by atoms with Crippen LogP contribution in [0.2, 0.25) is 0 Å². The zero-order valence-corrected chi connectivity index (χ0v) is 10.2. The fourth-order valence-corrected chi connectivity index (χ4v) is 4.07. The summed E-state index contributed by atoms with van der Waals surface area (Å²) in [4.78, 5) is 0. The van der Waals surface area contributed by atoms with Crippen LogP contribution in [0.4, 0.5) is 0 Å². The molecule has 94 valence electrons. The SMILES string of the molecule is C1CC2(CCOC2)C2=C(N1)NCCC21COC1. The molecular formula is C13H20N2O2. The summed E-state index contributed by atoms with van der Waals surface area (Å²) in [7, 11) is 0. The molecule has 4 rings (SSSR count). The lowest BCUT2D eigenvalue weighted by Crippen LogP contribution is -2.58. The van der Waals surface area contributed by atoms with Crippen LogP contribution in [0.25, 0.3) is 0 Å². The summed E-state index contributed by atoms with van der Waals surface area (Å²) in [6.45, 7) is 5.82. The zero-order chi connectivity index (χ0) is 11.3. The zero-order valence-electron chi connectivity index (χ0n) is 10.2. The van der Waals surface area contributed by atoms with Gasteiger partial charge < -0.3 is 20.1 Å². The van der Waals surface area contributed by atoms with Crippen molar-refractivity contribution in [2.24, 2.45) is 10.8 Å². The predicted molar refractivity (Wildman–Crippen MR) is 63.4 cm³/mol. The maximum atomic E-state index is 5.72. The Morgan fingerprint density at radius 3 is 2.12 bits per heavy atom. The third kappa shape index (κ3) is 1.25. The van der Waals surface area contributed by atoms with E-state index in [1.165, 1.54) is 25.1 Å². The second-order valence-electron chi connectivity index (χ2n) is 5.96. The van der Waals surface area contributed by atoms with Crippen molar-refractivity contribution >= 4 is 0 Å². The van der Waals surface area contributed by atoms with Crippen molar-refractivity contribution in [2.45, 2.75) is 19.3 Å². The highest BCUT2D eigenvalue weighted by molar-refractivity contribution is 5.35. The summed E-state index contributed by atoms with van der Waals surface area (Å²) in [5.41, 5.74) is 2.23. The van der Waals surface area contributed by atoms with E-state index in [1.54, 1.807) is 5.57 Å². The van der Waals surface area contributed by atoms with Crippen molar-refractivity contribution < 1.29 is 9.47 Å². The van der Waals surface area contributed by atoms with Gasteiger partial charge in [0.05, 0.1) is 25.6 Å². The molecular weight excluding hydrogens is 216 g/mol. The van der Waals surface area contributed by atoms with Gasteiger partial charge in [-0.25, -0.2) is 0 Å². The predicted octanol–water partition coefficient (Wildman–Crippen LogP) is 0.608. The van der Waals surface area contributed by atoms with Crippen molar-refractivity contribution in [1.29, 1.82) is 0 Å². The largest absolute Gasteiger partial charge is 0.380 e. The van der Waals surface area contributed by atoms with Gasteiger partial charge in [-0.1, -0.05) is 0 Å². The van der Waals surface area contributed by atoms with Crippen molar-refractivity contribution in [2.75, 3.05) is 39.5 Å². The molecule has 17 heavy (non-hydrogen) atoms. The van der Waals surface area contributed by atoms with Gasteiger partial charge in [0.15, 0.2) is 0 Å². The van der Waals surface area contributed by atoms with Crippen LogP contribution >= 0.6 is 0 Å². The lowest BCUT2D eigenvalue weighted by Gasteiger charge is -2.54. The van der Waals surface area contributed by atoms with Crippen LogP contribution in [0, 0.1) is 10.8 Å². The van der Waals surface area contributed by atoms with Gasteiger partial charge in [-0.2, -0.15) is 0 Å². The van der Waals surface area contributed by atoms with Crippen LogP contribution in [0.3, 0.4) is 0 Å². The van der Waals surface area contributed by atoms with E-state index in [-0.39, 0.29) is 0 Å². The van der Waals surface area contributed by atoms with E-state index in [9.17, 15) is 0 Å². The Bertz CT molecular complexity index is 364. The van der Waals surface area contributed by atoms with Crippen LogP contribution < -0.4 is 10.6 Å². The van der Waals surface area contributed by atoms with E-state index in [0.717, 1.165) is 39.5 Å². The van der Waals surface area contributed by atoms with Gasteiger partial charge in [-0.05, 0) is 24.8 Å². The fraction of sp³-hybridized carbons (Fsp3) is 0.846. The first kappa shape index (κ1) is 10.2. The fourth-order valence-electron chi connectivity index (χ4n) is 4.07. The van der Waals surface area contributed by atoms with Gasteiger partial charge in [0.2, 0.25) is 0 Å². The molecule has 4 aliphatic heterocycles. The first-order valence-electron chi connectivity index (χ1n) is 6.73. The van der Waals surface area contributed by atoms with Crippen LogP contribution in [0.1, 0.15) is 19.3 Å². The van der Waals surface area contributed by atoms with Crippen LogP contribution in [0.5, 0.6) is 0 Å². The maximum absolute atomic E-state index is 5.72. The Morgan fingerprint density at radius 2 is 1.53 bits per heavy atom. The van der Waals surface area contributed by atoms with Crippen molar-refractivity contribution in [3.63, 3.8) is 0 Å². The molecule has 4 aliphatic rings. The Hall–Kier alpha value is -0.740. The molecule has 0 aliphatic carbocycles. The van der Waals surface area contributed by atoms with E-state index < -0.39 is 0 Å². The topological polar surface area (TPSA) is 42.5 Å². The molecule has 4 heteroatoms. The summed E-state index contributed by atoms with van der Waals surface area (Å²) in [5, 5.41) is 7.11. The second kappa shape index (κ2) is 3.39. The average molecular weight is 236 g/mol. The van der Waals surface area contributed by atoms with Gasteiger partial charge >= 0.3 is 0 Å². The Labute approximate surface area is 102 Å². The Morgan fingerprint density at radius 1 is 0.824 bits per heavy atom. The highest BCUT2D eigenvalue weighted by atomic mass is 16.5. The number of fused-ring (bicyclic) bond motifs is 2. The van der Waals surface area contributed by atoms with E-state index in [4.69, 9.17) is 9.47 Å². The van der Waals surface area contributed by atoms with Crippen molar-refractivity contribution in [3.05, 3.63) is 11.4 Å². The summed E-state index contributed by atoms with van der Waals surface area (Å²) >= 11 is 0. The molecule has 1 unspecified atom stereocenters. The van der Waals surface area contributed by atoms with Gasteiger partial charge in [0.25, 0.3) is 0 Å². The Balaban J connectivity index is 1.82. The number of ether oxygens (including phenoxy) is 2. The molecule has 0 radical (unpaired) electrons. The molecule has 2 saturated heterocycles. The van der Waals surface area contributed by atoms with Crippen LogP contribution in [-0.4, -0.2) is 39.5 Å². The van der Waals surface area contributed by atoms with E-state index in [0.29, 0.717) is 10.8 Å². The van der Waals surface area contributed by atoms with Crippen LogP contribution in [0.15, 0.2) is 11.4 Å². The summed E-state index contributed by atoms with van der Waals surface area (Å²) in [5.74, 6) is 1.30. The van der Waals surface area contributed by atoms with Crippen LogP contribution in [-0.2, 0) is 9.47 Å². The van der Waals surface area contributed by atoms with E-state index >= 15 is 0 Å². The van der Waals surface area contributed by atoms with Gasteiger partial charge in [-0.15, -0.1) is 0 Å². The minimum absolute atomic E-state index is 0.303. The molecule has 0 aromatic heterocycles. The van der Waals surface area contributed by atoms with Crippen molar-refractivity contribution in [1.82, 2.24) is 10.6 Å². The molecule has 4 nitrogen and oxygen atoms in total. The molecule has 0 amide bonds. The van der Waals surface area contributed by atoms with E-state index in [1.807, 2.05) is 0 Å². The molecule has 0 bridgehead atoms. The minimum atomic E-state index is 0.303. The third-order valence-electron chi connectivity index (χ3n) is 4.98. The summed E-state index contributed by atoms with van der Waals surface area (Å²) < 4.78 is 11.3. The lowest BCUT2D eigenvalue weighted by atomic mass is 9.60. The molecule has 0 aromatic carbocycles. The van der Waals surface area contributed by atoms with Gasteiger partial charge in [0.1, 0.15) is 0 Å². The quantitative estimate of drug-likeness (QED) is 0.646. The molecule has 2 fully saturated rings. The number of rotatable bonds is 0.